The maximum atomic E-state index is 14.6. The lowest BCUT2D eigenvalue weighted by Gasteiger charge is -2.22. The van der Waals surface area contributed by atoms with Crippen LogP contribution in [0.25, 0.3) is 16.8 Å². The fraction of sp³-hybridized carbons (Fsp3) is 0.154. The number of likely N-dealkylation sites (N-methyl/N-ethyl adjacent to an activating group) is 1. The number of nitrogens with zero attached hydrogens (tertiary/aromatic N) is 5. The molecule has 1 aliphatic rings. The molecule has 0 bridgehead atoms. The average molecular weight is 499 g/mol. The zero-order chi connectivity index (χ0) is 25.5. The molecule has 11 heteroatoms. The molecule has 1 aromatic carbocycles. The molecule has 0 aliphatic carbocycles. The fourth-order valence-electron chi connectivity index (χ4n) is 4.40. The second-order valence-corrected chi connectivity index (χ2v) is 9.01. The number of aromatic amines is 1. The normalized spacial score (nSPS) is 13.5. The van der Waals surface area contributed by atoms with Crippen molar-refractivity contribution in [1.82, 2.24) is 29.3 Å². The number of rotatable bonds is 5. The molecule has 1 amide bonds. The van der Waals surface area contributed by atoms with Crippen molar-refractivity contribution in [2.45, 2.75) is 13.1 Å². The van der Waals surface area contributed by atoms with Gasteiger partial charge in [0.15, 0.2) is 5.82 Å². The number of carbonyl (C=O) groups is 1. The number of fused-ring (bicyclic) bond motifs is 2. The molecule has 0 saturated carbocycles. The van der Waals surface area contributed by atoms with E-state index in [-0.39, 0.29) is 11.4 Å². The van der Waals surface area contributed by atoms with Gasteiger partial charge in [0.2, 0.25) is 0 Å². The number of pyridine rings is 1. The first-order chi connectivity index (χ1) is 17.9. The van der Waals surface area contributed by atoms with E-state index >= 15 is 0 Å². The van der Waals surface area contributed by atoms with Gasteiger partial charge in [-0.1, -0.05) is 6.07 Å². The van der Waals surface area contributed by atoms with Gasteiger partial charge in [-0.15, -0.1) is 0 Å². The minimum Gasteiger partial charge on any atom is -0.334 e. The Bertz CT molecular complexity index is 1670. The largest absolute Gasteiger partial charge is 0.334 e. The van der Waals surface area contributed by atoms with Crippen molar-refractivity contribution in [2.24, 2.45) is 0 Å². The number of hydrogen-bond acceptors (Lipinski definition) is 6. The van der Waals surface area contributed by atoms with Gasteiger partial charge in [0.1, 0.15) is 11.5 Å². The first-order valence-electron chi connectivity index (χ1n) is 11.7. The molecular formula is C26H23FN8O2. The third-order valence-electron chi connectivity index (χ3n) is 6.33. The smallest absolute Gasteiger partial charge is 0.287 e. The highest BCUT2D eigenvalue weighted by Gasteiger charge is 2.17. The van der Waals surface area contributed by atoms with Crippen molar-refractivity contribution in [3.05, 3.63) is 94.4 Å². The van der Waals surface area contributed by atoms with Gasteiger partial charge in [-0.2, -0.15) is 10.2 Å². The van der Waals surface area contributed by atoms with E-state index in [1.807, 2.05) is 46.6 Å². The second-order valence-electron chi connectivity index (χ2n) is 9.01. The highest BCUT2D eigenvalue weighted by atomic mass is 19.1. The van der Waals surface area contributed by atoms with Gasteiger partial charge in [0.05, 0.1) is 29.2 Å². The number of amides is 1. The number of aromatic nitrogens is 5. The van der Waals surface area contributed by atoms with E-state index in [0.29, 0.717) is 22.6 Å². The maximum absolute atomic E-state index is 14.6. The SMILES string of the molecule is CN1CCn2nc(Nc3cc(-c4ccc(F)c(NC(=O)c5cc6ccccn6c5)c4)n[nH]c3=O)cc2C1. The van der Waals surface area contributed by atoms with Crippen molar-refractivity contribution in [1.29, 1.82) is 0 Å². The van der Waals surface area contributed by atoms with E-state index in [1.165, 1.54) is 18.2 Å². The van der Waals surface area contributed by atoms with Crippen LogP contribution in [0.1, 0.15) is 16.1 Å². The highest BCUT2D eigenvalue weighted by Crippen LogP contribution is 2.26. The van der Waals surface area contributed by atoms with E-state index in [9.17, 15) is 14.0 Å². The third-order valence-corrected chi connectivity index (χ3v) is 6.33. The summed E-state index contributed by atoms with van der Waals surface area (Å²) in [5, 5.41) is 16.8. The first kappa shape index (κ1) is 22.7. The highest BCUT2D eigenvalue weighted by molar-refractivity contribution is 6.05. The zero-order valence-corrected chi connectivity index (χ0v) is 19.9. The number of anilines is 3. The van der Waals surface area contributed by atoms with Crippen molar-refractivity contribution in [2.75, 3.05) is 24.2 Å². The van der Waals surface area contributed by atoms with Crippen molar-refractivity contribution >= 4 is 28.6 Å². The first-order valence-corrected chi connectivity index (χ1v) is 11.7. The molecule has 10 nitrogen and oxygen atoms in total. The molecule has 0 radical (unpaired) electrons. The summed E-state index contributed by atoms with van der Waals surface area (Å²) in [6.07, 6.45) is 3.51. The molecule has 0 fully saturated rings. The molecule has 5 heterocycles. The van der Waals surface area contributed by atoms with Crippen LogP contribution >= 0.6 is 0 Å². The predicted octanol–water partition coefficient (Wildman–Crippen LogP) is 3.47. The number of benzene rings is 1. The number of carbonyl (C=O) groups excluding carboxylic acids is 1. The Labute approximate surface area is 210 Å². The van der Waals surface area contributed by atoms with E-state index in [4.69, 9.17) is 0 Å². The molecule has 186 valence electrons. The topological polar surface area (TPSA) is 112 Å². The van der Waals surface area contributed by atoms with Crippen LogP contribution in [0.5, 0.6) is 0 Å². The van der Waals surface area contributed by atoms with E-state index in [0.717, 1.165) is 30.8 Å². The fourth-order valence-corrected chi connectivity index (χ4v) is 4.40. The van der Waals surface area contributed by atoms with E-state index in [2.05, 4.69) is 30.8 Å². The molecule has 3 N–H and O–H groups in total. The molecule has 0 spiro atoms. The van der Waals surface area contributed by atoms with Crippen molar-refractivity contribution in [3.8, 4) is 11.3 Å². The molecule has 5 aromatic rings. The molecule has 0 unspecified atom stereocenters. The Hall–Kier alpha value is -4.77. The molecule has 37 heavy (non-hydrogen) atoms. The standard InChI is InChI=1S/C26H23FN8O2/c1-33-8-9-35-19(15-33)12-24(32-35)28-23-13-21(30-31-26(23)37)16-5-6-20(27)22(11-16)29-25(36)17-10-18-4-2-3-7-34(18)14-17/h2-7,10-14H,8-9,15H2,1H3,(H,29,36)(H,31,37)(H,28,30,32). The molecular weight excluding hydrogens is 475 g/mol. The summed E-state index contributed by atoms with van der Waals surface area (Å²) in [4.78, 5) is 27.5. The number of nitrogens with one attached hydrogen (secondary N) is 3. The monoisotopic (exact) mass is 498 g/mol. The maximum Gasteiger partial charge on any atom is 0.287 e. The molecule has 0 atom stereocenters. The van der Waals surface area contributed by atoms with Crippen LogP contribution in [-0.2, 0) is 13.1 Å². The third kappa shape index (κ3) is 4.47. The molecule has 0 saturated heterocycles. The molecule has 6 rings (SSSR count). The molecule has 4 aromatic heterocycles. The minimum absolute atomic E-state index is 0.00571. The summed E-state index contributed by atoms with van der Waals surface area (Å²) in [7, 11) is 2.05. The van der Waals surface area contributed by atoms with Gasteiger partial charge in [-0.25, -0.2) is 9.49 Å². The number of halogens is 1. The van der Waals surface area contributed by atoms with E-state index in [1.54, 1.807) is 18.3 Å². The lowest BCUT2D eigenvalue weighted by molar-refractivity contribution is 0.102. The van der Waals surface area contributed by atoms with Gasteiger partial charge in [0, 0.05) is 42.6 Å². The van der Waals surface area contributed by atoms with Gasteiger partial charge in [-0.3, -0.25) is 19.2 Å². The lowest BCUT2D eigenvalue weighted by atomic mass is 10.1. The molecule has 1 aliphatic heterocycles. The van der Waals surface area contributed by atoms with Crippen LogP contribution in [0.2, 0.25) is 0 Å². The Balaban J connectivity index is 1.25. The average Bonchev–Trinajstić information content (AvgIpc) is 3.50. The van der Waals surface area contributed by atoms with Crippen LogP contribution in [0.15, 0.2) is 71.8 Å². The van der Waals surface area contributed by atoms with Gasteiger partial charge >= 0.3 is 0 Å². The second kappa shape index (κ2) is 9.03. The van der Waals surface area contributed by atoms with Crippen LogP contribution in [0.3, 0.4) is 0 Å². The van der Waals surface area contributed by atoms with Crippen molar-refractivity contribution in [3.63, 3.8) is 0 Å². The quantitative estimate of drug-likeness (QED) is 0.342. The Morgan fingerprint density at radius 2 is 1.97 bits per heavy atom. The summed E-state index contributed by atoms with van der Waals surface area (Å²) in [6, 6.07) is 15.1. The summed E-state index contributed by atoms with van der Waals surface area (Å²) < 4.78 is 18.3. The predicted molar refractivity (Wildman–Crippen MR) is 137 cm³/mol. The minimum atomic E-state index is -0.586. The summed E-state index contributed by atoms with van der Waals surface area (Å²) in [6.45, 7) is 2.45. The Kier molecular flexibility index (Phi) is 5.53. The van der Waals surface area contributed by atoms with Crippen LogP contribution in [-0.4, -0.2) is 48.8 Å². The lowest BCUT2D eigenvalue weighted by Crippen LogP contribution is -2.30. The summed E-state index contributed by atoms with van der Waals surface area (Å²) in [5.41, 5.74) is 3.07. The van der Waals surface area contributed by atoms with Crippen LogP contribution < -0.4 is 16.2 Å². The Morgan fingerprint density at radius 3 is 2.84 bits per heavy atom. The van der Waals surface area contributed by atoms with Gasteiger partial charge < -0.3 is 15.0 Å². The number of H-pyrrole nitrogens is 1. The summed E-state index contributed by atoms with van der Waals surface area (Å²) in [5.74, 6) is -0.469. The van der Waals surface area contributed by atoms with Gasteiger partial charge in [0.25, 0.3) is 11.5 Å². The van der Waals surface area contributed by atoms with E-state index < -0.39 is 17.3 Å². The zero-order valence-electron chi connectivity index (χ0n) is 19.9. The van der Waals surface area contributed by atoms with Crippen LogP contribution in [0.4, 0.5) is 21.6 Å². The van der Waals surface area contributed by atoms with Crippen molar-refractivity contribution < 1.29 is 9.18 Å². The number of hydrogen-bond donors (Lipinski definition) is 3. The van der Waals surface area contributed by atoms with Gasteiger partial charge in [-0.05, 0) is 49.5 Å². The Morgan fingerprint density at radius 1 is 1.08 bits per heavy atom. The summed E-state index contributed by atoms with van der Waals surface area (Å²) >= 11 is 0. The van der Waals surface area contributed by atoms with Crippen LogP contribution in [0, 0.1) is 5.82 Å².